The Balaban J connectivity index is 1.40. The summed E-state index contributed by atoms with van der Waals surface area (Å²) < 4.78 is 31.5. The number of Topliss-reactive ketones (excluding diaryl/α,β-unsaturated/α-hetero) is 1. The number of nitrogens with zero attached hydrogens (tertiary/aromatic N) is 1. The van der Waals surface area contributed by atoms with Crippen molar-refractivity contribution in [1.29, 1.82) is 0 Å². The van der Waals surface area contributed by atoms with Gasteiger partial charge in [-0.25, -0.2) is 8.78 Å². The van der Waals surface area contributed by atoms with Crippen LogP contribution in [0.3, 0.4) is 0 Å². The maximum Gasteiger partial charge on any atom is 0.162 e. The fourth-order valence-corrected chi connectivity index (χ4v) is 2.89. The Morgan fingerprint density at radius 1 is 1.00 bits per heavy atom. The van der Waals surface area contributed by atoms with Crippen molar-refractivity contribution >= 4 is 5.78 Å². The molecule has 0 saturated heterocycles. The quantitative estimate of drug-likeness (QED) is 0.679. The van der Waals surface area contributed by atoms with Crippen molar-refractivity contribution in [3.8, 4) is 5.75 Å². The second kappa shape index (κ2) is 8.72. The predicted molar refractivity (Wildman–Crippen MR) is 96.1 cm³/mol. The molecule has 0 bridgehead atoms. The van der Waals surface area contributed by atoms with Crippen LogP contribution in [0.5, 0.6) is 5.75 Å². The average molecular weight is 357 g/mol. The fraction of sp³-hybridized carbons (Fsp3) is 0.286. The van der Waals surface area contributed by atoms with Gasteiger partial charge in [-0.15, -0.1) is 0 Å². The molecule has 2 aromatic rings. The molecule has 0 fully saturated rings. The van der Waals surface area contributed by atoms with Gasteiger partial charge < -0.3 is 4.74 Å². The summed E-state index contributed by atoms with van der Waals surface area (Å²) in [6.45, 7) is 2.45. The fourth-order valence-electron chi connectivity index (χ4n) is 2.89. The van der Waals surface area contributed by atoms with Crippen molar-refractivity contribution in [2.75, 3.05) is 19.6 Å². The van der Waals surface area contributed by atoms with Gasteiger partial charge in [-0.3, -0.25) is 9.69 Å². The molecule has 26 heavy (non-hydrogen) atoms. The van der Waals surface area contributed by atoms with Crippen LogP contribution in [0.4, 0.5) is 8.78 Å². The first kappa shape index (κ1) is 18.3. The first-order chi connectivity index (χ1) is 12.6. The number of ketones is 1. The predicted octanol–water partition coefficient (Wildman–Crippen LogP) is 4.60. The summed E-state index contributed by atoms with van der Waals surface area (Å²) in [7, 11) is 0. The molecule has 2 aromatic carbocycles. The number of rotatable bonds is 7. The molecule has 0 saturated carbocycles. The number of ether oxygens (including phenoxy) is 1. The Morgan fingerprint density at radius 2 is 1.65 bits per heavy atom. The zero-order chi connectivity index (χ0) is 18.4. The normalized spacial score (nSPS) is 14.8. The van der Waals surface area contributed by atoms with Crippen molar-refractivity contribution < 1.29 is 18.3 Å². The van der Waals surface area contributed by atoms with Gasteiger partial charge in [0.2, 0.25) is 0 Å². The highest BCUT2D eigenvalue weighted by atomic mass is 19.1. The van der Waals surface area contributed by atoms with E-state index >= 15 is 0 Å². The third kappa shape index (κ3) is 5.23. The molecule has 0 N–H and O–H groups in total. The smallest absolute Gasteiger partial charge is 0.162 e. The molecule has 136 valence electrons. The lowest BCUT2D eigenvalue weighted by Crippen LogP contribution is -2.30. The standard InChI is InChI=1S/C21H21F2NO2/c22-17-5-3-16(4-6-17)21(25)2-1-13-24-14-11-20(12-15-24)26-19-9-7-18(23)8-10-19/h3-11H,1-2,12-15H2. The second-order valence-electron chi connectivity index (χ2n) is 6.31. The molecule has 5 heteroatoms. The van der Waals surface area contributed by atoms with Gasteiger partial charge >= 0.3 is 0 Å². The molecule has 0 radical (unpaired) electrons. The lowest BCUT2D eigenvalue weighted by molar-refractivity contribution is 0.0974. The molecule has 0 amide bonds. The summed E-state index contributed by atoms with van der Waals surface area (Å²) in [6, 6.07) is 11.7. The lowest BCUT2D eigenvalue weighted by Gasteiger charge is -2.26. The summed E-state index contributed by atoms with van der Waals surface area (Å²) in [6.07, 6.45) is 4.01. The van der Waals surface area contributed by atoms with Crippen molar-refractivity contribution in [2.24, 2.45) is 0 Å². The van der Waals surface area contributed by atoms with E-state index in [1.165, 1.54) is 36.4 Å². The molecule has 0 unspecified atom stereocenters. The Morgan fingerprint density at radius 3 is 2.27 bits per heavy atom. The molecular formula is C21H21F2NO2. The lowest BCUT2D eigenvalue weighted by atomic mass is 10.1. The van der Waals surface area contributed by atoms with E-state index in [1.807, 2.05) is 6.08 Å². The van der Waals surface area contributed by atoms with Gasteiger partial charge in [0.15, 0.2) is 5.78 Å². The van der Waals surface area contributed by atoms with Crippen molar-refractivity contribution in [3.63, 3.8) is 0 Å². The number of halogens is 2. The van der Waals surface area contributed by atoms with Crippen molar-refractivity contribution in [2.45, 2.75) is 19.3 Å². The molecule has 0 spiro atoms. The third-order valence-electron chi connectivity index (χ3n) is 4.36. The number of hydrogen-bond acceptors (Lipinski definition) is 3. The van der Waals surface area contributed by atoms with E-state index in [4.69, 9.17) is 4.74 Å². The number of carbonyl (C=O) groups excluding carboxylic acids is 1. The molecule has 1 aliphatic heterocycles. The molecule has 0 atom stereocenters. The Hall–Kier alpha value is -2.53. The molecule has 1 aliphatic rings. The molecule has 3 nitrogen and oxygen atoms in total. The van der Waals surface area contributed by atoms with Crippen LogP contribution >= 0.6 is 0 Å². The maximum absolute atomic E-state index is 12.9. The van der Waals surface area contributed by atoms with Crippen LogP contribution in [0.1, 0.15) is 29.6 Å². The van der Waals surface area contributed by atoms with Crippen LogP contribution in [0, 0.1) is 11.6 Å². The highest BCUT2D eigenvalue weighted by Crippen LogP contribution is 2.19. The summed E-state index contributed by atoms with van der Waals surface area (Å²) in [5.74, 6) is 0.945. The molecule has 0 aromatic heterocycles. The van der Waals surface area contributed by atoms with Crippen molar-refractivity contribution in [1.82, 2.24) is 4.90 Å². The van der Waals surface area contributed by atoms with Crippen LogP contribution in [-0.2, 0) is 0 Å². The number of benzene rings is 2. The summed E-state index contributed by atoms with van der Waals surface area (Å²) in [4.78, 5) is 14.3. The number of carbonyl (C=O) groups is 1. The van der Waals surface area contributed by atoms with Gasteiger partial charge in [0, 0.05) is 31.5 Å². The Labute approximate surface area is 151 Å². The molecule has 3 rings (SSSR count). The van der Waals surface area contributed by atoms with Gasteiger partial charge in [0.1, 0.15) is 23.1 Å². The van der Waals surface area contributed by atoms with Crippen LogP contribution in [0.15, 0.2) is 60.4 Å². The molecule has 1 heterocycles. The van der Waals surface area contributed by atoms with Crippen LogP contribution in [0.2, 0.25) is 0 Å². The topological polar surface area (TPSA) is 29.5 Å². The van der Waals surface area contributed by atoms with Crippen molar-refractivity contribution in [3.05, 3.63) is 77.6 Å². The molecular weight excluding hydrogens is 336 g/mol. The summed E-state index contributed by atoms with van der Waals surface area (Å²) >= 11 is 0. The minimum absolute atomic E-state index is 0.0397. The third-order valence-corrected chi connectivity index (χ3v) is 4.36. The first-order valence-corrected chi connectivity index (χ1v) is 8.74. The van der Waals surface area contributed by atoms with E-state index in [0.717, 1.165) is 38.2 Å². The monoisotopic (exact) mass is 357 g/mol. The minimum Gasteiger partial charge on any atom is -0.462 e. The molecule has 0 aliphatic carbocycles. The van der Waals surface area contributed by atoms with E-state index in [1.54, 1.807) is 12.1 Å². The van der Waals surface area contributed by atoms with E-state index in [0.29, 0.717) is 17.7 Å². The SMILES string of the molecule is O=C(CCCN1CC=C(Oc2ccc(F)cc2)CC1)c1ccc(F)cc1. The van der Waals surface area contributed by atoms with Crippen LogP contribution in [-0.4, -0.2) is 30.3 Å². The van der Waals surface area contributed by atoms with E-state index < -0.39 is 0 Å². The van der Waals surface area contributed by atoms with Crippen LogP contribution in [0.25, 0.3) is 0 Å². The van der Waals surface area contributed by atoms with E-state index in [-0.39, 0.29) is 17.4 Å². The van der Waals surface area contributed by atoms with Gasteiger partial charge in [-0.05, 0) is 67.6 Å². The highest BCUT2D eigenvalue weighted by Gasteiger charge is 2.14. The Kier molecular flexibility index (Phi) is 6.12. The van der Waals surface area contributed by atoms with Gasteiger partial charge in [-0.2, -0.15) is 0 Å². The zero-order valence-electron chi connectivity index (χ0n) is 14.5. The van der Waals surface area contributed by atoms with Gasteiger partial charge in [0.05, 0.1) is 0 Å². The number of hydrogen-bond donors (Lipinski definition) is 0. The maximum atomic E-state index is 12.9. The zero-order valence-corrected chi connectivity index (χ0v) is 14.5. The minimum atomic E-state index is -0.333. The first-order valence-electron chi connectivity index (χ1n) is 8.74. The summed E-state index contributed by atoms with van der Waals surface area (Å²) in [5, 5.41) is 0. The van der Waals surface area contributed by atoms with Gasteiger partial charge in [0.25, 0.3) is 0 Å². The van der Waals surface area contributed by atoms with E-state index in [9.17, 15) is 13.6 Å². The van der Waals surface area contributed by atoms with Gasteiger partial charge in [-0.1, -0.05) is 0 Å². The van der Waals surface area contributed by atoms with Crippen LogP contribution < -0.4 is 4.74 Å². The Bertz CT molecular complexity index is 770. The van der Waals surface area contributed by atoms with E-state index in [2.05, 4.69) is 4.90 Å². The largest absolute Gasteiger partial charge is 0.462 e. The summed E-state index contributed by atoms with van der Waals surface area (Å²) in [5.41, 5.74) is 0.555. The average Bonchev–Trinajstić information content (AvgIpc) is 2.65. The highest BCUT2D eigenvalue weighted by molar-refractivity contribution is 5.95. The second-order valence-corrected chi connectivity index (χ2v) is 6.31.